The third kappa shape index (κ3) is 6.10. The number of anilines is 2. The quantitative estimate of drug-likeness (QED) is 0.355. The van der Waals surface area contributed by atoms with E-state index in [0.717, 1.165) is 4.90 Å². The van der Waals surface area contributed by atoms with Crippen LogP contribution < -0.4 is 10.6 Å². The van der Waals surface area contributed by atoms with Gasteiger partial charge in [-0.2, -0.15) is 0 Å². The first-order valence-corrected chi connectivity index (χ1v) is 11.5. The Bertz CT molecular complexity index is 1100. The van der Waals surface area contributed by atoms with Gasteiger partial charge in [0.1, 0.15) is 0 Å². The number of hydrogen-bond donors (Lipinski definition) is 3. The molecule has 1 aromatic heterocycles. The Morgan fingerprint density at radius 1 is 1.06 bits per heavy atom. The summed E-state index contributed by atoms with van der Waals surface area (Å²) in [5, 5.41) is 16.3. The van der Waals surface area contributed by atoms with Crippen LogP contribution in [0.4, 0.5) is 11.4 Å². The summed E-state index contributed by atoms with van der Waals surface area (Å²) in [4.78, 5) is 37.7. The van der Waals surface area contributed by atoms with Gasteiger partial charge in [-0.1, -0.05) is 30.7 Å². The molecule has 2 amide bonds. The zero-order valence-electron chi connectivity index (χ0n) is 16.4. The number of halogens is 1. The molecule has 0 radical (unpaired) electrons. The maximum Gasteiger partial charge on any atom is 0.337 e. The number of thioether (sulfide) groups is 1. The van der Waals surface area contributed by atoms with Gasteiger partial charge in [-0.15, -0.1) is 23.1 Å². The highest BCUT2D eigenvalue weighted by molar-refractivity contribution is 8.00. The lowest BCUT2D eigenvalue weighted by molar-refractivity contribution is -0.115. The minimum Gasteiger partial charge on any atom is -0.478 e. The predicted molar refractivity (Wildman–Crippen MR) is 126 cm³/mol. The first-order chi connectivity index (χ1) is 14.9. The molecule has 0 aliphatic carbocycles. The average molecular weight is 475 g/mol. The van der Waals surface area contributed by atoms with Gasteiger partial charge < -0.3 is 15.7 Å². The van der Waals surface area contributed by atoms with Gasteiger partial charge >= 0.3 is 5.97 Å². The minimum absolute atomic E-state index is 0.0747. The van der Waals surface area contributed by atoms with Crippen molar-refractivity contribution in [2.24, 2.45) is 0 Å². The van der Waals surface area contributed by atoms with Crippen LogP contribution >= 0.6 is 34.7 Å². The monoisotopic (exact) mass is 474 g/mol. The number of carboxylic acid groups (broad SMARTS) is 1. The Morgan fingerprint density at radius 3 is 2.52 bits per heavy atom. The molecule has 3 aromatic rings. The van der Waals surface area contributed by atoms with E-state index in [1.807, 2.05) is 36.6 Å². The molecule has 0 saturated carbocycles. The molecule has 0 aliphatic rings. The molecule has 9 heteroatoms. The standard InChI is InChI=1S/C22H19ClN2O4S2/c1-2-18(20(26)25-14-8-9-17(23)16(12-14)22(28)29)31-15-6-3-5-13(11-15)24-21(27)19-7-4-10-30-19/h3-12,18H,2H2,1H3,(H,24,27)(H,25,26)(H,28,29). The summed E-state index contributed by atoms with van der Waals surface area (Å²) in [5.74, 6) is -1.60. The smallest absolute Gasteiger partial charge is 0.337 e. The van der Waals surface area contributed by atoms with E-state index in [9.17, 15) is 19.5 Å². The van der Waals surface area contributed by atoms with Crippen molar-refractivity contribution < 1.29 is 19.5 Å². The SMILES string of the molecule is CCC(Sc1cccc(NC(=O)c2cccs2)c1)C(=O)Nc1ccc(Cl)c(C(=O)O)c1. The second-order valence-corrected chi connectivity index (χ2v) is 9.09. The van der Waals surface area contributed by atoms with Gasteiger partial charge in [0.25, 0.3) is 5.91 Å². The van der Waals surface area contributed by atoms with Crippen molar-refractivity contribution in [3.8, 4) is 0 Å². The Balaban J connectivity index is 1.68. The van der Waals surface area contributed by atoms with Crippen LogP contribution in [-0.2, 0) is 4.79 Å². The number of nitrogens with one attached hydrogen (secondary N) is 2. The van der Waals surface area contributed by atoms with Crippen molar-refractivity contribution >= 4 is 63.9 Å². The van der Waals surface area contributed by atoms with Crippen molar-refractivity contribution in [3.63, 3.8) is 0 Å². The molecule has 1 heterocycles. The number of benzene rings is 2. The Kier molecular flexibility index (Phi) is 7.73. The van der Waals surface area contributed by atoms with Crippen LogP contribution in [0.3, 0.4) is 0 Å². The highest BCUT2D eigenvalue weighted by Gasteiger charge is 2.19. The molecular formula is C22H19ClN2O4S2. The van der Waals surface area contributed by atoms with Crippen molar-refractivity contribution in [3.05, 3.63) is 75.4 Å². The second-order valence-electron chi connectivity index (χ2n) is 6.46. The molecule has 6 nitrogen and oxygen atoms in total. The fraction of sp³-hybridized carbons (Fsp3) is 0.136. The maximum atomic E-state index is 12.8. The molecule has 31 heavy (non-hydrogen) atoms. The summed E-state index contributed by atoms with van der Waals surface area (Å²) in [6.45, 7) is 1.89. The Hall–Kier alpha value is -2.81. The van der Waals surface area contributed by atoms with E-state index in [-0.39, 0.29) is 22.4 Å². The number of carbonyl (C=O) groups excluding carboxylic acids is 2. The molecule has 0 saturated heterocycles. The molecule has 0 bridgehead atoms. The van der Waals surface area contributed by atoms with E-state index in [4.69, 9.17) is 11.6 Å². The highest BCUT2D eigenvalue weighted by atomic mass is 35.5. The maximum absolute atomic E-state index is 12.8. The zero-order chi connectivity index (χ0) is 22.4. The van der Waals surface area contributed by atoms with Gasteiger partial charge in [0.15, 0.2) is 0 Å². The predicted octanol–water partition coefficient (Wildman–Crippen LogP) is 5.86. The van der Waals surface area contributed by atoms with Crippen molar-refractivity contribution in [1.82, 2.24) is 0 Å². The van der Waals surface area contributed by atoms with E-state index in [0.29, 0.717) is 22.7 Å². The number of hydrogen-bond acceptors (Lipinski definition) is 5. The lowest BCUT2D eigenvalue weighted by Gasteiger charge is -2.16. The van der Waals surface area contributed by atoms with E-state index >= 15 is 0 Å². The van der Waals surface area contributed by atoms with E-state index in [1.165, 1.54) is 35.2 Å². The van der Waals surface area contributed by atoms with Crippen LogP contribution in [-0.4, -0.2) is 28.1 Å². The minimum atomic E-state index is -1.16. The number of carboxylic acids is 1. The lowest BCUT2D eigenvalue weighted by Crippen LogP contribution is -2.24. The molecule has 160 valence electrons. The van der Waals surface area contributed by atoms with Gasteiger partial charge in [0.2, 0.25) is 5.91 Å². The van der Waals surface area contributed by atoms with Gasteiger partial charge in [0, 0.05) is 16.3 Å². The highest BCUT2D eigenvalue weighted by Crippen LogP contribution is 2.29. The number of rotatable bonds is 8. The van der Waals surface area contributed by atoms with E-state index in [1.54, 1.807) is 18.2 Å². The van der Waals surface area contributed by atoms with Crippen LogP contribution in [0, 0.1) is 0 Å². The number of aromatic carboxylic acids is 1. The molecule has 1 atom stereocenters. The van der Waals surface area contributed by atoms with Crippen LogP contribution in [0.2, 0.25) is 5.02 Å². The topological polar surface area (TPSA) is 95.5 Å². The Labute approximate surface area is 192 Å². The third-order valence-electron chi connectivity index (χ3n) is 4.24. The molecule has 1 unspecified atom stereocenters. The van der Waals surface area contributed by atoms with Crippen LogP contribution in [0.5, 0.6) is 0 Å². The van der Waals surface area contributed by atoms with Crippen molar-refractivity contribution in [2.75, 3.05) is 10.6 Å². The van der Waals surface area contributed by atoms with Crippen LogP contribution in [0.25, 0.3) is 0 Å². The summed E-state index contributed by atoms with van der Waals surface area (Å²) >= 11 is 8.61. The number of thiophene rings is 1. The largest absolute Gasteiger partial charge is 0.478 e. The number of amides is 2. The summed E-state index contributed by atoms with van der Waals surface area (Å²) in [5.41, 5.74) is 0.930. The van der Waals surface area contributed by atoms with Gasteiger partial charge in [-0.3, -0.25) is 9.59 Å². The molecule has 2 aromatic carbocycles. The summed E-state index contributed by atoms with van der Waals surface area (Å²) in [6, 6.07) is 15.2. The third-order valence-corrected chi connectivity index (χ3v) is 6.80. The van der Waals surface area contributed by atoms with Crippen LogP contribution in [0.1, 0.15) is 33.4 Å². The summed E-state index contributed by atoms with van der Waals surface area (Å²) in [6.07, 6.45) is 0.557. The van der Waals surface area contributed by atoms with Crippen molar-refractivity contribution in [2.45, 2.75) is 23.5 Å². The molecule has 0 fully saturated rings. The van der Waals surface area contributed by atoms with Gasteiger partial charge in [0.05, 0.1) is 20.7 Å². The molecule has 3 rings (SSSR count). The van der Waals surface area contributed by atoms with E-state index in [2.05, 4.69) is 10.6 Å². The fourth-order valence-corrected chi connectivity index (χ4v) is 4.55. The Morgan fingerprint density at radius 2 is 1.84 bits per heavy atom. The zero-order valence-corrected chi connectivity index (χ0v) is 18.8. The summed E-state index contributed by atoms with van der Waals surface area (Å²) < 4.78 is 0. The summed E-state index contributed by atoms with van der Waals surface area (Å²) in [7, 11) is 0. The second kappa shape index (κ2) is 10.5. The first kappa shape index (κ1) is 22.9. The van der Waals surface area contributed by atoms with Gasteiger partial charge in [-0.05, 0) is 54.3 Å². The fourth-order valence-electron chi connectivity index (χ4n) is 2.72. The molecule has 3 N–H and O–H groups in total. The average Bonchev–Trinajstić information content (AvgIpc) is 3.28. The molecular weight excluding hydrogens is 456 g/mol. The van der Waals surface area contributed by atoms with E-state index < -0.39 is 11.2 Å². The molecule has 0 spiro atoms. The van der Waals surface area contributed by atoms with Crippen molar-refractivity contribution in [1.29, 1.82) is 0 Å². The van der Waals surface area contributed by atoms with Gasteiger partial charge in [-0.25, -0.2) is 4.79 Å². The molecule has 0 aliphatic heterocycles. The lowest BCUT2D eigenvalue weighted by atomic mass is 10.2. The van der Waals surface area contributed by atoms with Crippen LogP contribution in [0.15, 0.2) is 64.9 Å². The first-order valence-electron chi connectivity index (χ1n) is 9.32. The normalized spacial score (nSPS) is 11.5. The number of carbonyl (C=O) groups is 3.